The lowest BCUT2D eigenvalue weighted by atomic mass is 10.1. The number of methoxy groups -OCH3 is 1. The van der Waals surface area contributed by atoms with Gasteiger partial charge in [0, 0.05) is 22.6 Å². The molecular weight excluding hydrogens is 370 g/mol. The predicted octanol–water partition coefficient (Wildman–Crippen LogP) is 4.84. The molecule has 0 saturated carbocycles. The molecule has 0 radical (unpaired) electrons. The molecule has 0 bridgehead atoms. The lowest BCUT2D eigenvalue weighted by Gasteiger charge is -2.23. The topological polar surface area (TPSA) is 53.7 Å². The molecule has 0 saturated heterocycles. The van der Waals surface area contributed by atoms with Crippen molar-refractivity contribution in [2.45, 2.75) is 12.7 Å². The van der Waals surface area contributed by atoms with Gasteiger partial charge in [0.2, 0.25) is 0 Å². The first kappa shape index (κ1) is 15.1. The van der Waals surface area contributed by atoms with E-state index < -0.39 is 5.79 Å². The number of fused-ring (bicyclic) bond motifs is 2. The molecule has 1 atom stereocenters. The Balaban J connectivity index is 1.75. The largest absolute Gasteiger partial charge is 0.497 e. The highest BCUT2D eigenvalue weighted by Crippen LogP contribution is 2.46. The van der Waals surface area contributed by atoms with Gasteiger partial charge in [0.1, 0.15) is 5.75 Å². The van der Waals surface area contributed by atoms with Gasteiger partial charge in [0.15, 0.2) is 11.5 Å². The number of halogens is 1. The molecule has 122 valence electrons. The minimum absolute atomic E-state index is 0.694. The minimum atomic E-state index is -0.866. The van der Waals surface area contributed by atoms with Crippen LogP contribution in [0.25, 0.3) is 10.8 Å². The zero-order valence-corrected chi connectivity index (χ0v) is 14.9. The van der Waals surface area contributed by atoms with Gasteiger partial charge in [-0.25, -0.2) is 0 Å². The Morgan fingerprint density at radius 2 is 1.54 bits per heavy atom. The van der Waals surface area contributed by atoms with Crippen molar-refractivity contribution in [2.24, 2.45) is 0 Å². The smallest absolute Gasteiger partial charge is 0.275 e. The number of hydrogen-bond donors (Lipinski definition) is 1. The van der Waals surface area contributed by atoms with Crippen LogP contribution in [0.1, 0.15) is 12.5 Å². The van der Waals surface area contributed by atoms with E-state index in [1.807, 2.05) is 55.5 Å². The molecule has 1 heterocycles. The number of anilines is 1. The number of nitrogens with two attached hydrogens (primary N) is 1. The Hall–Kier alpha value is -2.40. The van der Waals surface area contributed by atoms with Crippen molar-refractivity contribution in [2.75, 3.05) is 12.8 Å². The van der Waals surface area contributed by atoms with Crippen molar-refractivity contribution in [1.29, 1.82) is 0 Å². The van der Waals surface area contributed by atoms with E-state index in [4.69, 9.17) is 19.9 Å². The van der Waals surface area contributed by atoms with Crippen LogP contribution in [0.3, 0.4) is 0 Å². The fourth-order valence-electron chi connectivity index (χ4n) is 2.91. The summed E-state index contributed by atoms with van der Waals surface area (Å²) in [6, 6.07) is 15.5. The zero-order chi connectivity index (χ0) is 16.9. The van der Waals surface area contributed by atoms with E-state index in [0.717, 1.165) is 32.3 Å². The Morgan fingerprint density at radius 3 is 2.12 bits per heavy atom. The summed E-state index contributed by atoms with van der Waals surface area (Å²) < 4.78 is 18.3. The standard InChI is InChI=1S/C19H16BrNO3/c1-19(13-3-5-14(22-2)6-4-13)23-17-9-11-7-15(20)16(21)8-12(11)10-18(17)24-19/h3-10H,21H2,1-2H3. The lowest BCUT2D eigenvalue weighted by Crippen LogP contribution is -2.31. The van der Waals surface area contributed by atoms with Crippen LogP contribution in [-0.2, 0) is 5.79 Å². The van der Waals surface area contributed by atoms with Gasteiger partial charge in [0.05, 0.1) is 7.11 Å². The normalized spacial score (nSPS) is 18.8. The van der Waals surface area contributed by atoms with Crippen molar-refractivity contribution in [1.82, 2.24) is 0 Å². The highest BCUT2D eigenvalue weighted by molar-refractivity contribution is 9.10. The van der Waals surface area contributed by atoms with Gasteiger partial charge in [0.25, 0.3) is 5.79 Å². The number of hydrogen-bond acceptors (Lipinski definition) is 4. The second-order valence-corrected chi connectivity index (χ2v) is 6.75. The SMILES string of the molecule is COc1ccc(C2(C)Oc3cc4cc(N)c(Br)cc4cc3O2)cc1. The molecule has 4 rings (SSSR count). The van der Waals surface area contributed by atoms with E-state index >= 15 is 0 Å². The van der Waals surface area contributed by atoms with Gasteiger partial charge < -0.3 is 19.9 Å². The molecule has 1 aliphatic rings. The number of ether oxygens (including phenoxy) is 3. The Bertz CT molecular complexity index is 887. The van der Waals surface area contributed by atoms with E-state index in [2.05, 4.69) is 15.9 Å². The summed E-state index contributed by atoms with van der Waals surface area (Å²) >= 11 is 3.46. The number of rotatable bonds is 2. The highest BCUT2D eigenvalue weighted by Gasteiger charge is 2.39. The maximum Gasteiger partial charge on any atom is 0.275 e. The predicted molar refractivity (Wildman–Crippen MR) is 97.7 cm³/mol. The van der Waals surface area contributed by atoms with Gasteiger partial charge in [-0.1, -0.05) is 0 Å². The maximum atomic E-state index is 6.12. The summed E-state index contributed by atoms with van der Waals surface area (Å²) in [5.74, 6) is 1.36. The fourth-order valence-corrected chi connectivity index (χ4v) is 3.27. The van der Waals surface area contributed by atoms with Gasteiger partial charge in [-0.2, -0.15) is 0 Å². The fraction of sp³-hybridized carbons (Fsp3) is 0.158. The second kappa shape index (κ2) is 5.31. The Kier molecular flexibility index (Phi) is 3.35. The Labute approximate surface area is 148 Å². The van der Waals surface area contributed by atoms with Crippen LogP contribution in [-0.4, -0.2) is 7.11 Å². The molecule has 0 aliphatic carbocycles. The van der Waals surface area contributed by atoms with Crippen LogP contribution in [0.4, 0.5) is 5.69 Å². The summed E-state index contributed by atoms with van der Waals surface area (Å²) in [5, 5.41) is 2.05. The highest BCUT2D eigenvalue weighted by atomic mass is 79.9. The third kappa shape index (κ3) is 2.36. The molecule has 3 aromatic carbocycles. The monoisotopic (exact) mass is 385 g/mol. The van der Waals surface area contributed by atoms with Crippen molar-refractivity contribution in [3.05, 3.63) is 58.6 Å². The van der Waals surface area contributed by atoms with E-state index in [9.17, 15) is 0 Å². The first-order chi connectivity index (χ1) is 11.5. The molecule has 1 unspecified atom stereocenters. The molecule has 0 fully saturated rings. The van der Waals surface area contributed by atoms with Crippen LogP contribution in [0.5, 0.6) is 17.2 Å². The summed E-state index contributed by atoms with van der Waals surface area (Å²) in [5.41, 5.74) is 7.59. The first-order valence-electron chi connectivity index (χ1n) is 7.54. The molecule has 3 aromatic rings. The average molecular weight is 386 g/mol. The minimum Gasteiger partial charge on any atom is -0.497 e. The van der Waals surface area contributed by atoms with E-state index in [-0.39, 0.29) is 0 Å². The zero-order valence-electron chi connectivity index (χ0n) is 13.3. The molecule has 2 N–H and O–H groups in total. The van der Waals surface area contributed by atoms with Gasteiger partial charge >= 0.3 is 0 Å². The van der Waals surface area contributed by atoms with Crippen molar-refractivity contribution in [3.8, 4) is 17.2 Å². The second-order valence-electron chi connectivity index (χ2n) is 5.90. The van der Waals surface area contributed by atoms with Crippen LogP contribution < -0.4 is 19.9 Å². The summed E-state index contributed by atoms with van der Waals surface area (Å²) in [6.45, 7) is 1.91. The summed E-state index contributed by atoms with van der Waals surface area (Å²) in [4.78, 5) is 0. The van der Waals surface area contributed by atoms with Crippen LogP contribution in [0, 0.1) is 0 Å². The number of benzene rings is 3. The van der Waals surface area contributed by atoms with Gasteiger partial charge in [-0.15, -0.1) is 0 Å². The Morgan fingerprint density at radius 1 is 0.958 bits per heavy atom. The van der Waals surface area contributed by atoms with Crippen molar-refractivity contribution in [3.63, 3.8) is 0 Å². The van der Waals surface area contributed by atoms with Crippen LogP contribution in [0.15, 0.2) is 53.0 Å². The molecule has 24 heavy (non-hydrogen) atoms. The van der Waals surface area contributed by atoms with E-state index in [0.29, 0.717) is 11.4 Å². The maximum absolute atomic E-state index is 6.12. The third-order valence-corrected chi connectivity index (χ3v) is 4.93. The van der Waals surface area contributed by atoms with Crippen LogP contribution in [0.2, 0.25) is 0 Å². The molecule has 0 spiro atoms. The van der Waals surface area contributed by atoms with Gasteiger partial charge in [-0.3, -0.25) is 0 Å². The molecule has 0 aromatic heterocycles. The first-order valence-corrected chi connectivity index (χ1v) is 8.33. The lowest BCUT2D eigenvalue weighted by molar-refractivity contribution is -0.0680. The molecule has 0 amide bonds. The molecule has 1 aliphatic heterocycles. The third-order valence-electron chi connectivity index (χ3n) is 4.24. The molecule has 4 nitrogen and oxygen atoms in total. The van der Waals surface area contributed by atoms with Crippen molar-refractivity contribution < 1.29 is 14.2 Å². The summed E-state index contributed by atoms with van der Waals surface area (Å²) in [7, 11) is 1.64. The molecule has 5 heteroatoms. The van der Waals surface area contributed by atoms with E-state index in [1.54, 1.807) is 7.11 Å². The van der Waals surface area contributed by atoms with E-state index in [1.165, 1.54) is 0 Å². The van der Waals surface area contributed by atoms with Crippen LogP contribution >= 0.6 is 15.9 Å². The molecular formula is C19H16BrNO3. The average Bonchev–Trinajstić information content (AvgIpc) is 2.90. The quantitative estimate of drug-likeness (QED) is 0.641. The number of nitrogen functional groups attached to an aromatic ring is 1. The summed E-state index contributed by atoms with van der Waals surface area (Å²) in [6.07, 6.45) is 0. The van der Waals surface area contributed by atoms with Crippen molar-refractivity contribution >= 4 is 32.4 Å². The van der Waals surface area contributed by atoms with Gasteiger partial charge in [-0.05, 0) is 75.2 Å².